The lowest BCUT2D eigenvalue weighted by Gasteiger charge is -2.10. The summed E-state index contributed by atoms with van der Waals surface area (Å²) in [5.41, 5.74) is 1.94. The summed E-state index contributed by atoms with van der Waals surface area (Å²) in [5, 5.41) is 22.5. The molecule has 0 saturated heterocycles. The molecule has 0 atom stereocenters. The molecule has 3 aromatic rings. The van der Waals surface area contributed by atoms with Crippen molar-refractivity contribution in [3.05, 3.63) is 62.1 Å². The molecule has 30 heavy (non-hydrogen) atoms. The highest BCUT2D eigenvalue weighted by molar-refractivity contribution is 7.99. The number of carbonyl (C=O) groups is 1. The quantitative estimate of drug-likeness (QED) is 0.291. The first kappa shape index (κ1) is 22.1. The maximum Gasteiger partial charge on any atom is 0.272 e. The van der Waals surface area contributed by atoms with E-state index in [0.29, 0.717) is 11.7 Å². The average molecular weight is 466 g/mol. The van der Waals surface area contributed by atoms with Crippen molar-refractivity contribution in [1.82, 2.24) is 14.8 Å². The molecular weight excluding hydrogens is 449 g/mol. The van der Waals surface area contributed by atoms with Crippen LogP contribution in [0.5, 0.6) is 0 Å². The van der Waals surface area contributed by atoms with E-state index in [1.165, 1.54) is 11.8 Å². The lowest BCUT2D eigenvalue weighted by atomic mass is 10.1. The van der Waals surface area contributed by atoms with Crippen molar-refractivity contribution in [2.45, 2.75) is 25.5 Å². The number of aryl methyl sites for hydroxylation is 1. The summed E-state index contributed by atoms with van der Waals surface area (Å²) in [6, 6.07) is 10.2. The number of non-ortho nitro benzene ring substituents is 1. The van der Waals surface area contributed by atoms with Crippen molar-refractivity contribution in [2.24, 2.45) is 0 Å². The Bertz CT molecular complexity index is 1100. The lowest BCUT2D eigenvalue weighted by Crippen LogP contribution is -2.15. The van der Waals surface area contributed by atoms with Gasteiger partial charge in [0.1, 0.15) is 0 Å². The molecule has 0 aliphatic rings. The summed E-state index contributed by atoms with van der Waals surface area (Å²) < 4.78 is 1.93. The Morgan fingerprint density at radius 2 is 1.93 bits per heavy atom. The van der Waals surface area contributed by atoms with Crippen LogP contribution in [-0.2, 0) is 11.3 Å². The molecule has 2 aromatic carbocycles. The van der Waals surface area contributed by atoms with Gasteiger partial charge >= 0.3 is 0 Å². The van der Waals surface area contributed by atoms with Gasteiger partial charge in [0.05, 0.1) is 26.4 Å². The van der Waals surface area contributed by atoms with E-state index in [-0.39, 0.29) is 33.1 Å². The molecule has 3 rings (SSSR count). The van der Waals surface area contributed by atoms with Gasteiger partial charge in [0.25, 0.3) is 5.69 Å². The van der Waals surface area contributed by atoms with E-state index >= 15 is 0 Å². The van der Waals surface area contributed by atoms with E-state index in [1.807, 2.05) is 42.7 Å². The number of rotatable bonds is 7. The molecule has 0 fully saturated rings. The third-order valence-electron chi connectivity index (χ3n) is 4.14. The summed E-state index contributed by atoms with van der Waals surface area (Å²) in [7, 11) is 0. The Morgan fingerprint density at radius 3 is 2.53 bits per heavy atom. The zero-order chi connectivity index (χ0) is 21.8. The Hall–Kier alpha value is -2.62. The maximum absolute atomic E-state index is 12.4. The standard InChI is InChI=1S/C19H17Cl2N5O3S/c1-3-25-18(12-6-4-5-11(2)7-12)23-24-19(25)30-10-16(27)22-17-14(20)8-13(26(28)29)9-15(17)21/h4-9H,3,10H2,1-2H3,(H,22,27). The molecular formula is C19H17Cl2N5O3S. The van der Waals surface area contributed by atoms with E-state index in [0.717, 1.165) is 29.1 Å². The molecule has 0 aliphatic heterocycles. The number of hydrogen-bond donors (Lipinski definition) is 1. The van der Waals surface area contributed by atoms with Gasteiger partial charge in [0.2, 0.25) is 5.91 Å². The van der Waals surface area contributed by atoms with E-state index in [9.17, 15) is 14.9 Å². The first-order valence-corrected chi connectivity index (χ1v) is 10.6. The Morgan fingerprint density at radius 1 is 1.23 bits per heavy atom. The van der Waals surface area contributed by atoms with E-state index in [4.69, 9.17) is 23.2 Å². The highest BCUT2D eigenvalue weighted by Gasteiger charge is 2.18. The van der Waals surface area contributed by atoms with Crippen molar-refractivity contribution in [3.8, 4) is 11.4 Å². The van der Waals surface area contributed by atoms with Crippen LogP contribution in [0.4, 0.5) is 11.4 Å². The van der Waals surface area contributed by atoms with Crippen LogP contribution in [-0.4, -0.2) is 31.3 Å². The molecule has 0 aliphatic carbocycles. The third kappa shape index (κ3) is 4.92. The van der Waals surface area contributed by atoms with Crippen LogP contribution in [0.3, 0.4) is 0 Å². The number of thioether (sulfide) groups is 1. The van der Waals surface area contributed by atoms with Crippen LogP contribution in [0.15, 0.2) is 41.6 Å². The highest BCUT2D eigenvalue weighted by Crippen LogP contribution is 2.35. The Balaban J connectivity index is 1.72. The fourth-order valence-electron chi connectivity index (χ4n) is 2.77. The molecule has 0 bridgehead atoms. The zero-order valence-corrected chi connectivity index (χ0v) is 18.4. The van der Waals surface area contributed by atoms with Gasteiger partial charge in [0, 0.05) is 24.2 Å². The van der Waals surface area contributed by atoms with Crippen LogP contribution in [0.2, 0.25) is 10.0 Å². The first-order valence-electron chi connectivity index (χ1n) is 8.86. The fourth-order valence-corrected chi connectivity index (χ4v) is 4.14. The Kier molecular flexibility index (Phi) is 6.96. The molecule has 0 spiro atoms. The van der Waals surface area contributed by atoms with Gasteiger partial charge in [-0.25, -0.2) is 0 Å². The minimum atomic E-state index is -0.609. The number of nitro groups is 1. The summed E-state index contributed by atoms with van der Waals surface area (Å²) >= 11 is 13.3. The van der Waals surface area contributed by atoms with Crippen molar-refractivity contribution >= 4 is 52.2 Å². The topological polar surface area (TPSA) is 103 Å². The second-order valence-corrected chi connectivity index (χ2v) is 8.06. The first-order chi connectivity index (χ1) is 14.3. The molecule has 0 unspecified atom stereocenters. The van der Waals surface area contributed by atoms with Gasteiger partial charge in [-0.15, -0.1) is 10.2 Å². The van der Waals surface area contributed by atoms with Crippen LogP contribution in [0, 0.1) is 17.0 Å². The highest BCUT2D eigenvalue weighted by atomic mass is 35.5. The van der Waals surface area contributed by atoms with Crippen molar-refractivity contribution in [2.75, 3.05) is 11.1 Å². The third-order valence-corrected chi connectivity index (χ3v) is 5.71. The molecule has 0 radical (unpaired) electrons. The number of amides is 1. The molecule has 1 heterocycles. The van der Waals surface area contributed by atoms with Gasteiger partial charge < -0.3 is 9.88 Å². The number of aromatic nitrogens is 3. The summed E-state index contributed by atoms with van der Waals surface area (Å²) in [6.07, 6.45) is 0. The van der Waals surface area contributed by atoms with Crippen molar-refractivity contribution < 1.29 is 9.72 Å². The largest absolute Gasteiger partial charge is 0.323 e. The smallest absolute Gasteiger partial charge is 0.272 e. The van der Waals surface area contributed by atoms with Gasteiger partial charge in [0.15, 0.2) is 11.0 Å². The minimum absolute atomic E-state index is 0.00833. The summed E-state index contributed by atoms with van der Waals surface area (Å²) in [4.78, 5) is 22.6. The van der Waals surface area contributed by atoms with E-state index in [2.05, 4.69) is 15.5 Å². The molecule has 156 valence electrons. The predicted molar refractivity (Wildman–Crippen MR) is 118 cm³/mol. The molecule has 1 amide bonds. The monoisotopic (exact) mass is 465 g/mol. The number of halogens is 2. The number of nitro benzene ring substituents is 1. The SMILES string of the molecule is CCn1c(SCC(=O)Nc2c(Cl)cc([N+](=O)[O-])cc2Cl)nnc1-c1cccc(C)c1. The fraction of sp³-hybridized carbons (Fsp3) is 0.211. The molecule has 1 aromatic heterocycles. The number of nitrogens with zero attached hydrogens (tertiary/aromatic N) is 4. The van der Waals surface area contributed by atoms with Crippen LogP contribution in [0.25, 0.3) is 11.4 Å². The van der Waals surface area contributed by atoms with Crippen LogP contribution < -0.4 is 5.32 Å². The summed E-state index contributed by atoms with van der Waals surface area (Å²) in [5.74, 6) is 0.390. The Labute approximate surface area is 186 Å². The van der Waals surface area contributed by atoms with Crippen LogP contribution in [0.1, 0.15) is 12.5 Å². The van der Waals surface area contributed by atoms with Gasteiger partial charge in [-0.3, -0.25) is 14.9 Å². The number of benzene rings is 2. The number of anilines is 1. The molecule has 8 nitrogen and oxygen atoms in total. The number of hydrogen-bond acceptors (Lipinski definition) is 6. The second-order valence-electron chi connectivity index (χ2n) is 6.30. The molecule has 1 N–H and O–H groups in total. The van der Waals surface area contributed by atoms with E-state index < -0.39 is 4.92 Å². The lowest BCUT2D eigenvalue weighted by molar-refractivity contribution is -0.384. The van der Waals surface area contributed by atoms with Crippen molar-refractivity contribution in [3.63, 3.8) is 0 Å². The number of nitrogens with one attached hydrogen (secondary N) is 1. The van der Waals surface area contributed by atoms with Gasteiger partial charge in [-0.1, -0.05) is 58.7 Å². The zero-order valence-electron chi connectivity index (χ0n) is 16.1. The maximum atomic E-state index is 12.4. The number of carbonyl (C=O) groups excluding carboxylic acids is 1. The molecule has 0 saturated carbocycles. The van der Waals surface area contributed by atoms with Gasteiger partial charge in [-0.05, 0) is 19.9 Å². The van der Waals surface area contributed by atoms with E-state index in [1.54, 1.807) is 0 Å². The predicted octanol–water partition coefficient (Wildman–Crippen LogP) is 5.22. The average Bonchev–Trinajstić information content (AvgIpc) is 3.11. The summed E-state index contributed by atoms with van der Waals surface area (Å²) in [6.45, 7) is 4.62. The second kappa shape index (κ2) is 9.46. The van der Waals surface area contributed by atoms with Crippen LogP contribution >= 0.6 is 35.0 Å². The normalized spacial score (nSPS) is 10.8. The van der Waals surface area contributed by atoms with Crippen molar-refractivity contribution in [1.29, 1.82) is 0 Å². The van der Waals surface area contributed by atoms with Gasteiger partial charge in [-0.2, -0.15) is 0 Å². The molecule has 11 heteroatoms. The minimum Gasteiger partial charge on any atom is -0.323 e.